The van der Waals surface area contributed by atoms with Gasteiger partial charge in [-0.2, -0.15) is 5.10 Å². The smallest absolute Gasteiger partial charge is 0.278 e. The van der Waals surface area contributed by atoms with Crippen LogP contribution in [0, 0.1) is 13.8 Å². The molecule has 0 unspecified atom stereocenters. The van der Waals surface area contributed by atoms with Gasteiger partial charge in [0.1, 0.15) is 5.76 Å². The number of carbonyl (C=O) groups is 1. The van der Waals surface area contributed by atoms with E-state index in [4.69, 9.17) is 27.7 Å². The van der Waals surface area contributed by atoms with Crippen LogP contribution in [-0.2, 0) is 6.54 Å². The Bertz CT molecular complexity index is 901. The highest BCUT2D eigenvalue weighted by Crippen LogP contribution is 2.24. The average molecular weight is 365 g/mol. The monoisotopic (exact) mass is 364 g/mol. The number of hydrogen-bond donors (Lipinski definition) is 1. The van der Waals surface area contributed by atoms with Gasteiger partial charge in [0, 0.05) is 22.5 Å². The zero-order chi connectivity index (χ0) is 17.3. The molecule has 2 heterocycles. The third-order valence-electron chi connectivity index (χ3n) is 3.64. The number of rotatable bonds is 4. The van der Waals surface area contributed by atoms with E-state index in [0.717, 1.165) is 5.56 Å². The molecule has 0 bridgehead atoms. The maximum absolute atomic E-state index is 12.6. The summed E-state index contributed by atoms with van der Waals surface area (Å²) in [6.07, 6.45) is 3.19. The molecular formula is C16H14Cl2N4O2. The fourth-order valence-corrected chi connectivity index (χ4v) is 2.60. The van der Waals surface area contributed by atoms with Crippen LogP contribution in [0.15, 0.2) is 35.1 Å². The van der Waals surface area contributed by atoms with E-state index in [1.165, 1.54) is 6.20 Å². The van der Waals surface area contributed by atoms with E-state index in [9.17, 15) is 4.79 Å². The van der Waals surface area contributed by atoms with Crippen LogP contribution < -0.4 is 5.32 Å². The maximum atomic E-state index is 12.6. The Hall–Kier alpha value is -2.31. The van der Waals surface area contributed by atoms with Crippen molar-refractivity contribution >= 4 is 34.8 Å². The molecule has 0 saturated heterocycles. The Kier molecular flexibility index (Phi) is 4.59. The second kappa shape index (κ2) is 6.67. The van der Waals surface area contributed by atoms with E-state index >= 15 is 0 Å². The number of aryl methyl sites for hydroxylation is 1. The summed E-state index contributed by atoms with van der Waals surface area (Å²) in [6.45, 7) is 3.91. The van der Waals surface area contributed by atoms with Crippen LogP contribution in [0.25, 0.3) is 0 Å². The Morgan fingerprint density at radius 2 is 2.12 bits per heavy atom. The van der Waals surface area contributed by atoms with Gasteiger partial charge in [0.25, 0.3) is 5.91 Å². The summed E-state index contributed by atoms with van der Waals surface area (Å²) < 4.78 is 6.79. The van der Waals surface area contributed by atoms with Gasteiger partial charge in [-0.05, 0) is 31.5 Å². The second-order valence-electron chi connectivity index (χ2n) is 5.29. The molecule has 0 aliphatic carbocycles. The van der Waals surface area contributed by atoms with Gasteiger partial charge in [0.05, 0.1) is 17.8 Å². The molecule has 0 saturated carbocycles. The van der Waals surface area contributed by atoms with Gasteiger partial charge in [-0.1, -0.05) is 34.4 Å². The topological polar surface area (TPSA) is 73.0 Å². The fraction of sp³-hybridized carbons (Fsp3) is 0.188. The molecule has 0 spiro atoms. The van der Waals surface area contributed by atoms with Crippen LogP contribution in [-0.4, -0.2) is 20.8 Å². The SMILES string of the molecule is Cc1onc(C(=O)Nc2cccc(Cl)c2C)c1Cn1cc(Cl)cn1. The molecule has 0 aliphatic rings. The van der Waals surface area contributed by atoms with Crippen molar-refractivity contribution in [2.75, 3.05) is 5.32 Å². The lowest BCUT2D eigenvalue weighted by Gasteiger charge is -2.09. The molecular weight excluding hydrogens is 351 g/mol. The number of nitrogens with zero attached hydrogens (tertiary/aromatic N) is 3. The summed E-state index contributed by atoms with van der Waals surface area (Å²) >= 11 is 11.9. The number of halogens is 2. The molecule has 0 atom stereocenters. The van der Waals surface area contributed by atoms with E-state index in [2.05, 4.69) is 15.6 Å². The van der Waals surface area contributed by atoms with Crippen molar-refractivity contribution in [3.05, 3.63) is 63.2 Å². The summed E-state index contributed by atoms with van der Waals surface area (Å²) in [4.78, 5) is 12.6. The van der Waals surface area contributed by atoms with Crippen LogP contribution in [0.4, 0.5) is 5.69 Å². The van der Waals surface area contributed by atoms with Crippen molar-refractivity contribution in [3.63, 3.8) is 0 Å². The van der Waals surface area contributed by atoms with E-state index < -0.39 is 0 Å². The zero-order valence-electron chi connectivity index (χ0n) is 13.0. The standard InChI is InChI=1S/C16H14Cl2N4O2/c1-9-13(18)4-3-5-14(9)20-16(23)15-12(10(2)24-21-15)8-22-7-11(17)6-19-22/h3-7H,8H2,1-2H3,(H,20,23). The van der Waals surface area contributed by atoms with Gasteiger partial charge in [-0.15, -0.1) is 0 Å². The van der Waals surface area contributed by atoms with Gasteiger partial charge in [0.15, 0.2) is 5.69 Å². The highest BCUT2D eigenvalue weighted by Gasteiger charge is 2.21. The molecule has 0 fully saturated rings. The summed E-state index contributed by atoms with van der Waals surface area (Å²) in [5.74, 6) is 0.181. The first kappa shape index (κ1) is 16.5. The molecule has 8 heteroatoms. The highest BCUT2D eigenvalue weighted by atomic mass is 35.5. The molecule has 3 aromatic rings. The Balaban J connectivity index is 1.86. The average Bonchev–Trinajstić information content (AvgIpc) is 3.11. The summed E-state index contributed by atoms with van der Waals surface area (Å²) in [5, 5.41) is 11.9. The number of hydrogen-bond acceptors (Lipinski definition) is 4. The van der Waals surface area contributed by atoms with Crippen molar-refractivity contribution < 1.29 is 9.32 Å². The van der Waals surface area contributed by atoms with Crippen LogP contribution in [0.5, 0.6) is 0 Å². The molecule has 0 aliphatic heterocycles. The number of nitrogens with one attached hydrogen (secondary N) is 1. The molecule has 2 aromatic heterocycles. The van der Waals surface area contributed by atoms with Crippen LogP contribution >= 0.6 is 23.2 Å². The quantitative estimate of drug-likeness (QED) is 0.756. The highest BCUT2D eigenvalue weighted by molar-refractivity contribution is 6.31. The molecule has 0 radical (unpaired) electrons. The fourth-order valence-electron chi connectivity index (χ4n) is 2.27. The molecule has 24 heavy (non-hydrogen) atoms. The minimum absolute atomic E-state index is 0.207. The lowest BCUT2D eigenvalue weighted by Crippen LogP contribution is -2.16. The van der Waals surface area contributed by atoms with Crippen LogP contribution in [0.2, 0.25) is 10.0 Å². The number of amides is 1. The van der Waals surface area contributed by atoms with E-state index in [0.29, 0.717) is 33.6 Å². The van der Waals surface area contributed by atoms with Gasteiger partial charge < -0.3 is 9.84 Å². The third-order valence-corrected chi connectivity index (χ3v) is 4.24. The number of anilines is 1. The van der Waals surface area contributed by atoms with Crippen molar-refractivity contribution in [3.8, 4) is 0 Å². The van der Waals surface area contributed by atoms with E-state index in [1.54, 1.807) is 36.0 Å². The first-order chi connectivity index (χ1) is 11.5. The van der Waals surface area contributed by atoms with Gasteiger partial charge in [-0.25, -0.2) is 0 Å². The predicted molar refractivity (Wildman–Crippen MR) is 91.7 cm³/mol. The largest absolute Gasteiger partial charge is 0.361 e. The van der Waals surface area contributed by atoms with E-state index in [1.807, 2.05) is 6.92 Å². The lowest BCUT2D eigenvalue weighted by atomic mass is 10.1. The molecule has 1 amide bonds. The second-order valence-corrected chi connectivity index (χ2v) is 6.13. The number of carbonyl (C=O) groups excluding carboxylic acids is 1. The molecule has 3 rings (SSSR count). The first-order valence-corrected chi connectivity index (χ1v) is 7.91. The molecule has 124 valence electrons. The zero-order valence-corrected chi connectivity index (χ0v) is 14.5. The third kappa shape index (κ3) is 3.29. The van der Waals surface area contributed by atoms with Crippen molar-refractivity contribution in [2.24, 2.45) is 0 Å². The van der Waals surface area contributed by atoms with Crippen molar-refractivity contribution in [1.82, 2.24) is 14.9 Å². The number of aromatic nitrogens is 3. The Labute approximate surface area is 148 Å². The normalized spacial score (nSPS) is 10.8. The summed E-state index contributed by atoms with van der Waals surface area (Å²) in [5.41, 5.74) is 2.26. The number of benzene rings is 1. The Morgan fingerprint density at radius 1 is 1.33 bits per heavy atom. The van der Waals surface area contributed by atoms with Gasteiger partial charge in [0.2, 0.25) is 0 Å². The van der Waals surface area contributed by atoms with Crippen LogP contribution in [0.1, 0.15) is 27.4 Å². The van der Waals surface area contributed by atoms with Gasteiger partial charge in [-0.3, -0.25) is 9.48 Å². The lowest BCUT2D eigenvalue weighted by molar-refractivity contribution is 0.101. The minimum Gasteiger partial charge on any atom is -0.361 e. The van der Waals surface area contributed by atoms with E-state index in [-0.39, 0.29) is 11.6 Å². The molecule has 1 N–H and O–H groups in total. The van der Waals surface area contributed by atoms with Crippen molar-refractivity contribution in [1.29, 1.82) is 0 Å². The molecule has 1 aromatic carbocycles. The minimum atomic E-state index is -0.370. The predicted octanol–water partition coefficient (Wildman–Crippen LogP) is 4.10. The summed E-state index contributed by atoms with van der Waals surface area (Å²) in [6, 6.07) is 5.31. The Morgan fingerprint density at radius 3 is 2.83 bits per heavy atom. The van der Waals surface area contributed by atoms with Crippen molar-refractivity contribution in [2.45, 2.75) is 20.4 Å². The van der Waals surface area contributed by atoms with Crippen LogP contribution in [0.3, 0.4) is 0 Å². The van der Waals surface area contributed by atoms with Gasteiger partial charge >= 0.3 is 0 Å². The first-order valence-electron chi connectivity index (χ1n) is 7.15. The summed E-state index contributed by atoms with van der Waals surface area (Å²) in [7, 11) is 0. The maximum Gasteiger partial charge on any atom is 0.278 e. The molecule has 6 nitrogen and oxygen atoms in total.